The Kier molecular flexibility index (Phi) is 2.83. The van der Waals surface area contributed by atoms with Crippen molar-refractivity contribution in [3.05, 3.63) is 28.9 Å². The maximum absolute atomic E-state index is 11.9. The molecular formula is C12H13ClN2O2. The topological polar surface area (TPSA) is 55.0 Å². The van der Waals surface area contributed by atoms with Gasteiger partial charge >= 0.3 is 5.97 Å². The first kappa shape index (κ1) is 11.9. The van der Waals surface area contributed by atoms with Gasteiger partial charge in [0.25, 0.3) is 0 Å². The van der Waals surface area contributed by atoms with Gasteiger partial charge in [0.1, 0.15) is 5.60 Å². The number of carbonyl (C=O) groups excluding carboxylic acids is 1. The first-order valence-electron chi connectivity index (χ1n) is 5.23. The Hall–Kier alpha value is -1.55. The lowest BCUT2D eigenvalue weighted by atomic mass is 10.1. The van der Waals surface area contributed by atoms with E-state index in [4.69, 9.17) is 16.3 Å². The van der Waals surface area contributed by atoms with Crippen molar-refractivity contribution >= 4 is 28.5 Å². The van der Waals surface area contributed by atoms with E-state index in [0.29, 0.717) is 10.6 Å². The number of carbonyl (C=O) groups is 1. The van der Waals surface area contributed by atoms with Crippen molar-refractivity contribution in [1.29, 1.82) is 0 Å². The number of benzene rings is 1. The number of ether oxygens (including phenoxy) is 1. The van der Waals surface area contributed by atoms with E-state index in [1.807, 2.05) is 20.8 Å². The molecule has 4 nitrogen and oxygen atoms in total. The van der Waals surface area contributed by atoms with Crippen LogP contribution in [0.25, 0.3) is 10.9 Å². The van der Waals surface area contributed by atoms with E-state index in [1.54, 1.807) is 18.3 Å². The van der Waals surface area contributed by atoms with Crippen LogP contribution in [0.1, 0.15) is 31.1 Å². The lowest BCUT2D eigenvalue weighted by Crippen LogP contribution is -2.24. The van der Waals surface area contributed by atoms with Gasteiger partial charge in [0.05, 0.1) is 22.3 Å². The Morgan fingerprint density at radius 1 is 1.41 bits per heavy atom. The highest BCUT2D eigenvalue weighted by Gasteiger charge is 2.21. The zero-order valence-electron chi connectivity index (χ0n) is 9.87. The lowest BCUT2D eigenvalue weighted by Gasteiger charge is -2.19. The highest BCUT2D eigenvalue weighted by Crippen LogP contribution is 2.27. The summed E-state index contributed by atoms with van der Waals surface area (Å²) in [7, 11) is 0. The zero-order chi connectivity index (χ0) is 12.6. The number of nitrogens with one attached hydrogen (secondary N) is 1. The van der Waals surface area contributed by atoms with Crippen LogP contribution in [0, 0.1) is 0 Å². The third-order valence-electron chi connectivity index (χ3n) is 2.18. The summed E-state index contributed by atoms with van der Waals surface area (Å²) in [5, 5.41) is 7.75. The maximum atomic E-state index is 11.9. The third kappa shape index (κ3) is 2.42. The molecule has 0 aliphatic rings. The van der Waals surface area contributed by atoms with E-state index in [-0.39, 0.29) is 0 Å². The molecule has 0 spiro atoms. The monoisotopic (exact) mass is 252 g/mol. The molecule has 0 radical (unpaired) electrons. The summed E-state index contributed by atoms with van der Waals surface area (Å²) < 4.78 is 5.28. The largest absolute Gasteiger partial charge is 0.456 e. The van der Waals surface area contributed by atoms with Crippen molar-refractivity contribution in [2.75, 3.05) is 0 Å². The average Bonchev–Trinajstić information content (AvgIpc) is 2.63. The van der Waals surface area contributed by atoms with Gasteiger partial charge < -0.3 is 4.74 Å². The Morgan fingerprint density at radius 2 is 2.12 bits per heavy atom. The first-order chi connectivity index (χ1) is 7.88. The minimum absolute atomic E-state index is 0.357. The molecule has 1 aromatic carbocycles. The molecule has 1 heterocycles. The summed E-state index contributed by atoms with van der Waals surface area (Å²) in [5.41, 5.74) is 0.615. The van der Waals surface area contributed by atoms with E-state index >= 15 is 0 Å². The molecule has 0 saturated heterocycles. The molecular weight excluding hydrogens is 240 g/mol. The van der Waals surface area contributed by atoms with Crippen LogP contribution in [-0.2, 0) is 4.74 Å². The number of rotatable bonds is 1. The van der Waals surface area contributed by atoms with Crippen LogP contribution in [-0.4, -0.2) is 21.8 Å². The van der Waals surface area contributed by atoms with Crippen molar-refractivity contribution in [3.8, 4) is 0 Å². The number of aromatic nitrogens is 2. The minimum Gasteiger partial charge on any atom is -0.456 e. The number of halogens is 1. The number of fused-ring (bicyclic) bond motifs is 1. The molecule has 90 valence electrons. The van der Waals surface area contributed by atoms with E-state index in [1.165, 1.54) is 0 Å². The Balaban J connectivity index is 2.42. The quantitative estimate of drug-likeness (QED) is 0.793. The van der Waals surface area contributed by atoms with Crippen LogP contribution in [0.15, 0.2) is 18.3 Å². The first-order valence-corrected chi connectivity index (χ1v) is 5.61. The minimum atomic E-state index is -0.536. The lowest BCUT2D eigenvalue weighted by molar-refractivity contribution is 0.00699. The van der Waals surface area contributed by atoms with Crippen LogP contribution in [0.5, 0.6) is 0 Å². The van der Waals surface area contributed by atoms with E-state index < -0.39 is 11.6 Å². The SMILES string of the molecule is CC(C)(C)OC(=O)c1ccc2[nH]ncc2c1Cl. The summed E-state index contributed by atoms with van der Waals surface area (Å²) in [6.45, 7) is 5.44. The van der Waals surface area contributed by atoms with E-state index in [2.05, 4.69) is 10.2 Å². The van der Waals surface area contributed by atoms with Gasteiger partial charge in [-0.3, -0.25) is 5.10 Å². The fraction of sp³-hybridized carbons (Fsp3) is 0.333. The molecule has 0 saturated carbocycles. The molecule has 1 aromatic heterocycles. The second-order valence-corrected chi connectivity index (χ2v) is 5.14. The molecule has 0 unspecified atom stereocenters. The van der Waals surface area contributed by atoms with E-state index in [0.717, 1.165) is 10.9 Å². The number of hydrogen-bond acceptors (Lipinski definition) is 3. The van der Waals surface area contributed by atoms with Gasteiger partial charge in [-0.1, -0.05) is 11.6 Å². The van der Waals surface area contributed by atoms with Gasteiger partial charge in [0, 0.05) is 5.39 Å². The fourth-order valence-corrected chi connectivity index (χ4v) is 1.76. The molecule has 5 heteroatoms. The summed E-state index contributed by atoms with van der Waals surface area (Å²) in [4.78, 5) is 11.9. The van der Waals surface area contributed by atoms with Crippen LogP contribution < -0.4 is 0 Å². The number of esters is 1. The summed E-state index contributed by atoms with van der Waals surface area (Å²) in [6.07, 6.45) is 1.59. The van der Waals surface area contributed by atoms with Crippen LogP contribution in [0.2, 0.25) is 5.02 Å². The van der Waals surface area contributed by atoms with Crippen molar-refractivity contribution in [3.63, 3.8) is 0 Å². The summed E-state index contributed by atoms with van der Waals surface area (Å²) in [6, 6.07) is 3.39. The van der Waals surface area contributed by atoms with Gasteiger partial charge in [0.2, 0.25) is 0 Å². The smallest absolute Gasteiger partial charge is 0.340 e. The van der Waals surface area contributed by atoms with Crippen LogP contribution in [0.3, 0.4) is 0 Å². The number of nitrogens with zero attached hydrogens (tertiary/aromatic N) is 1. The molecule has 0 aliphatic heterocycles. The molecule has 0 aliphatic carbocycles. The Labute approximate surface area is 104 Å². The van der Waals surface area contributed by atoms with Gasteiger partial charge in [-0.15, -0.1) is 0 Å². The number of hydrogen-bond donors (Lipinski definition) is 1. The highest BCUT2D eigenvalue weighted by atomic mass is 35.5. The molecule has 17 heavy (non-hydrogen) atoms. The Morgan fingerprint density at radius 3 is 2.76 bits per heavy atom. The van der Waals surface area contributed by atoms with Gasteiger partial charge in [0.15, 0.2) is 0 Å². The van der Waals surface area contributed by atoms with Crippen LogP contribution in [0.4, 0.5) is 0 Å². The second-order valence-electron chi connectivity index (χ2n) is 4.76. The molecule has 2 rings (SSSR count). The number of H-pyrrole nitrogens is 1. The fourth-order valence-electron chi connectivity index (χ4n) is 1.47. The molecule has 0 fully saturated rings. The van der Waals surface area contributed by atoms with Crippen LogP contribution >= 0.6 is 11.6 Å². The average molecular weight is 253 g/mol. The zero-order valence-corrected chi connectivity index (χ0v) is 10.6. The van der Waals surface area contributed by atoms with Gasteiger partial charge in [-0.05, 0) is 32.9 Å². The Bertz CT molecular complexity index is 569. The maximum Gasteiger partial charge on any atom is 0.340 e. The standard InChI is InChI=1S/C12H13ClN2O2/c1-12(2,3)17-11(16)7-4-5-9-8(10(7)13)6-14-15-9/h4-6H,1-3H3,(H,14,15). The highest BCUT2D eigenvalue weighted by molar-refractivity contribution is 6.38. The third-order valence-corrected chi connectivity index (χ3v) is 2.58. The predicted molar refractivity (Wildman–Crippen MR) is 66.3 cm³/mol. The van der Waals surface area contributed by atoms with Gasteiger partial charge in [-0.25, -0.2) is 4.79 Å². The predicted octanol–water partition coefficient (Wildman–Crippen LogP) is 3.17. The van der Waals surface area contributed by atoms with Crippen molar-refractivity contribution in [2.24, 2.45) is 0 Å². The van der Waals surface area contributed by atoms with Crippen molar-refractivity contribution < 1.29 is 9.53 Å². The summed E-state index contributed by atoms with van der Waals surface area (Å²) in [5.74, 6) is -0.425. The second kappa shape index (κ2) is 4.04. The van der Waals surface area contributed by atoms with Gasteiger partial charge in [-0.2, -0.15) is 5.10 Å². The molecule has 0 atom stereocenters. The molecule has 1 N–H and O–H groups in total. The molecule has 0 bridgehead atoms. The van der Waals surface area contributed by atoms with E-state index in [9.17, 15) is 4.79 Å². The van der Waals surface area contributed by atoms with Crippen molar-refractivity contribution in [1.82, 2.24) is 10.2 Å². The normalized spacial score (nSPS) is 11.8. The molecule has 0 amide bonds. The number of aromatic amines is 1. The summed E-state index contributed by atoms with van der Waals surface area (Å²) >= 11 is 6.15. The molecule has 2 aromatic rings. The van der Waals surface area contributed by atoms with Crippen molar-refractivity contribution in [2.45, 2.75) is 26.4 Å².